The summed E-state index contributed by atoms with van der Waals surface area (Å²) >= 11 is 5.89. The Labute approximate surface area is 87.5 Å². The molecule has 2 atom stereocenters. The van der Waals surface area contributed by atoms with Crippen LogP contribution in [0.25, 0.3) is 0 Å². The van der Waals surface area contributed by atoms with Crippen molar-refractivity contribution in [3.8, 4) is 0 Å². The van der Waals surface area contributed by atoms with Crippen LogP contribution in [0, 0.1) is 12.8 Å². The van der Waals surface area contributed by atoms with Gasteiger partial charge in [-0.25, -0.2) is 0 Å². The Kier molecular flexibility index (Phi) is 2.23. The standard InChI is InChI=1S/C11H11ClO2/c1-6-4-7(2-3-10(6)12)8-5-9(8)11(13)14/h2-4,8-9H,5H2,1H3,(H,13,14)/t8?,9-/m0/s1. The van der Waals surface area contributed by atoms with Crippen molar-refractivity contribution in [1.82, 2.24) is 0 Å². The number of carbonyl (C=O) groups is 1. The van der Waals surface area contributed by atoms with Gasteiger partial charge in [0.1, 0.15) is 0 Å². The first-order chi connectivity index (χ1) is 6.59. The van der Waals surface area contributed by atoms with Crippen molar-refractivity contribution >= 4 is 17.6 Å². The number of benzene rings is 1. The van der Waals surface area contributed by atoms with Gasteiger partial charge in [-0.3, -0.25) is 4.79 Å². The van der Waals surface area contributed by atoms with Gasteiger partial charge >= 0.3 is 5.97 Å². The van der Waals surface area contributed by atoms with Crippen LogP contribution in [0.4, 0.5) is 0 Å². The third-order valence-corrected chi connectivity index (χ3v) is 3.14. The molecule has 1 N–H and O–H groups in total. The summed E-state index contributed by atoms with van der Waals surface area (Å²) in [7, 11) is 0. The molecule has 0 bridgehead atoms. The second-order valence-corrected chi connectivity index (χ2v) is 4.20. The molecule has 0 spiro atoms. The number of hydrogen-bond donors (Lipinski definition) is 1. The van der Waals surface area contributed by atoms with E-state index in [-0.39, 0.29) is 11.8 Å². The Morgan fingerprint density at radius 1 is 1.57 bits per heavy atom. The predicted octanol–water partition coefficient (Wildman–Crippen LogP) is 2.84. The van der Waals surface area contributed by atoms with E-state index in [1.165, 1.54) is 0 Å². The number of halogens is 1. The van der Waals surface area contributed by atoms with E-state index in [2.05, 4.69) is 0 Å². The lowest BCUT2D eigenvalue weighted by Gasteiger charge is -2.02. The van der Waals surface area contributed by atoms with Crippen LogP contribution in [0.1, 0.15) is 23.5 Å². The van der Waals surface area contributed by atoms with Crippen LogP contribution in [0.3, 0.4) is 0 Å². The van der Waals surface area contributed by atoms with Crippen molar-refractivity contribution in [3.63, 3.8) is 0 Å². The van der Waals surface area contributed by atoms with Crippen molar-refractivity contribution in [2.45, 2.75) is 19.3 Å². The second-order valence-electron chi connectivity index (χ2n) is 3.80. The van der Waals surface area contributed by atoms with Crippen LogP contribution in [0.15, 0.2) is 18.2 Å². The third kappa shape index (κ3) is 1.62. The molecule has 2 rings (SSSR count). The number of carboxylic acids is 1. The number of aryl methyl sites for hydroxylation is 1. The summed E-state index contributed by atoms with van der Waals surface area (Å²) in [6.07, 6.45) is 0.760. The molecule has 0 radical (unpaired) electrons. The van der Waals surface area contributed by atoms with Crippen LogP contribution in [-0.4, -0.2) is 11.1 Å². The molecule has 1 saturated carbocycles. The Balaban J connectivity index is 2.20. The van der Waals surface area contributed by atoms with Crippen molar-refractivity contribution in [3.05, 3.63) is 34.3 Å². The van der Waals surface area contributed by atoms with E-state index in [0.717, 1.165) is 22.6 Å². The molecule has 3 heteroatoms. The first-order valence-corrected chi connectivity index (χ1v) is 4.96. The lowest BCUT2D eigenvalue weighted by atomic mass is 10.1. The van der Waals surface area contributed by atoms with Gasteiger partial charge in [0.15, 0.2) is 0 Å². The average Bonchev–Trinajstić information content (AvgIpc) is 2.89. The number of hydrogen-bond acceptors (Lipinski definition) is 1. The Hall–Kier alpha value is -1.02. The smallest absolute Gasteiger partial charge is 0.307 e. The van der Waals surface area contributed by atoms with Crippen LogP contribution in [0.2, 0.25) is 5.02 Å². The highest BCUT2D eigenvalue weighted by Crippen LogP contribution is 2.47. The lowest BCUT2D eigenvalue weighted by molar-refractivity contribution is -0.138. The molecular formula is C11H11ClO2. The first kappa shape index (κ1) is 9.53. The molecule has 2 nitrogen and oxygen atoms in total. The van der Waals surface area contributed by atoms with Gasteiger partial charge in [0.25, 0.3) is 0 Å². The average molecular weight is 211 g/mol. The van der Waals surface area contributed by atoms with E-state index in [9.17, 15) is 4.79 Å². The molecule has 1 aliphatic carbocycles. The summed E-state index contributed by atoms with van der Waals surface area (Å²) in [6.45, 7) is 1.93. The molecule has 14 heavy (non-hydrogen) atoms. The molecule has 1 fully saturated rings. The monoisotopic (exact) mass is 210 g/mol. The van der Waals surface area contributed by atoms with Crippen LogP contribution in [-0.2, 0) is 4.79 Å². The zero-order chi connectivity index (χ0) is 10.3. The molecule has 0 aliphatic heterocycles. The minimum atomic E-state index is -0.692. The van der Waals surface area contributed by atoms with E-state index < -0.39 is 5.97 Å². The lowest BCUT2D eigenvalue weighted by Crippen LogP contribution is -1.98. The van der Waals surface area contributed by atoms with Crippen LogP contribution < -0.4 is 0 Å². The molecule has 0 saturated heterocycles. The molecule has 1 unspecified atom stereocenters. The quantitative estimate of drug-likeness (QED) is 0.815. The summed E-state index contributed by atoms with van der Waals surface area (Å²) in [6, 6.07) is 5.74. The fourth-order valence-corrected chi connectivity index (χ4v) is 1.85. The van der Waals surface area contributed by atoms with E-state index in [1.54, 1.807) is 0 Å². The fourth-order valence-electron chi connectivity index (χ4n) is 1.73. The first-order valence-electron chi connectivity index (χ1n) is 4.58. The minimum absolute atomic E-state index is 0.185. The Morgan fingerprint density at radius 3 is 2.79 bits per heavy atom. The van der Waals surface area contributed by atoms with E-state index in [0.29, 0.717) is 0 Å². The van der Waals surface area contributed by atoms with Crippen LogP contribution >= 0.6 is 11.6 Å². The summed E-state index contributed by atoms with van der Waals surface area (Å²) < 4.78 is 0. The summed E-state index contributed by atoms with van der Waals surface area (Å²) in [5, 5.41) is 9.52. The van der Waals surface area contributed by atoms with Gasteiger partial charge in [0, 0.05) is 5.02 Å². The molecule has 74 valence electrons. The van der Waals surface area contributed by atoms with Crippen LogP contribution in [0.5, 0.6) is 0 Å². The topological polar surface area (TPSA) is 37.3 Å². The van der Waals surface area contributed by atoms with E-state index >= 15 is 0 Å². The summed E-state index contributed by atoms with van der Waals surface area (Å²) in [5.41, 5.74) is 2.11. The third-order valence-electron chi connectivity index (χ3n) is 2.72. The maximum atomic E-state index is 10.7. The highest BCUT2D eigenvalue weighted by molar-refractivity contribution is 6.31. The molecule has 0 amide bonds. The Bertz CT molecular complexity index is 387. The van der Waals surface area contributed by atoms with Gasteiger partial charge in [0.2, 0.25) is 0 Å². The highest BCUT2D eigenvalue weighted by atomic mass is 35.5. The predicted molar refractivity (Wildman–Crippen MR) is 54.7 cm³/mol. The number of rotatable bonds is 2. The van der Waals surface area contributed by atoms with Gasteiger partial charge < -0.3 is 5.11 Å². The zero-order valence-corrected chi connectivity index (χ0v) is 8.58. The van der Waals surface area contributed by atoms with Gasteiger partial charge in [-0.05, 0) is 36.5 Å². The number of aliphatic carboxylic acids is 1. The molecule has 0 heterocycles. The maximum Gasteiger partial charge on any atom is 0.307 e. The van der Waals surface area contributed by atoms with Crippen molar-refractivity contribution in [2.75, 3.05) is 0 Å². The van der Waals surface area contributed by atoms with E-state index in [1.807, 2.05) is 25.1 Å². The molecule has 1 aliphatic rings. The largest absolute Gasteiger partial charge is 0.481 e. The van der Waals surface area contributed by atoms with E-state index in [4.69, 9.17) is 16.7 Å². The molecule has 1 aromatic carbocycles. The van der Waals surface area contributed by atoms with Gasteiger partial charge in [-0.15, -0.1) is 0 Å². The minimum Gasteiger partial charge on any atom is -0.481 e. The normalized spacial score (nSPS) is 24.7. The van der Waals surface area contributed by atoms with Gasteiger partial charge in [-0.1, -0.05) is 23.7 Å². The molecular weight excluding hydrogens is 200 g/mol. The summed E-state index contributed by atoms with van der Waals surface area (Å²) in [5.74, 6) is -0.679. The van der Waals surface area contributed by atoms with Gasteiger partial charge in [0.05, 0.1) is 5.92 Å². The fraction of sp³-hybridized carbons (Fsp3) is 0.364. The Morgan fingerprint density at radius 2 is 2.29 bits per heavy atom. The second kappa shape index (κ2) is 3.28. The van der Waals surface area contributed by atoms with Crippen molar-refractivity contribution in [1.29, 1.82) is 0 Å². The molecule has 0 aromatic heterocycles. The van der Waals surface area contributed by atoms with Gasteiger partial charge in [-0.2, -0.15) is 0 Å². The SMILES string of the molecule is Cc1cc(C2C[C@@H]2C(=O)O)ccc1Cl. The van der Waals surface area contributed by atoms with Crippen molar-refractivity contribution < 1.29 is 9.90 Å². The zero-order valence-electron chi connectivity index (χ0n) is 7.83. The summed E-state index contributed by atoms with van der Waals surface area (Å²) in [4.78, 5) is 10.7. The highest BCUT2D eigenvalue weighted by Gasteiger charge is 2.44. The maximum absolute atomic E-state index is 10.7. The van der Waals surface area contributed by atoms with Crippen molar-refractivity contribution in [2.24, 2.45) is 5.92 Å². The molecule has 1 aromatic rings. The number of carboxylic acid groups (broad SMARTS) is 1.